The molecule has 0 heterocycles. The second kappa shape index (κ2) is 58.1. The molecule has 0 aromatic heterocycles. The Kier molecular flexibility index (Phi) is 54.5. The highest BCUT2D eigenvalue weighted by molar-refractivity contribution is 5.71. The Balaban J connectivity index is 4.56. The van der Waals surface area contributed by atoms with E-state index in [1.54, 1.807) is 0 Å². The van der Waals surface area contributed by atoms with Crippen molar-refractivity contribution in [1.29, 1.82) is 0 Å². The van der Waals surface area contributed by atoms with Crippen molar-refractivity contribution >= 4 is 17.9 Å². The summed E-state index contributed by atoms with van der Waals surface area (Å²) in [6.45, 7) is 6.31. The summed E-state index contributed by atoms with van der Waals surface area (Å²) in [6, 6.07) is 0. The number of esters is 3. The topological polar surface area (TPSA) is 78.9 Å². The summed E-state index contributed by atoms with van der Waals surface area (Å²) in [5.41, 5.74) is 0. The summed E-state index contributed by atoms with van der Waals surface area (Å²) in [6.07, 6.45) is 81.7. The normalized spacial score (nSPS) is 13.1. The van der Waals surface area contributed by atoms with Crippen molar-refractivity contribution < 1.29 is 28.6 Å². The number of unbranched alkanes of at least 4 members (excludes halogenated alkanes) is 17. The highest BCUT2D eigenvalue weighted by atomic mass is 16.6. The van der Waals surface area contributed by atoms with Gasteiger partial charge in [0.05, 0.1) is 0 Å². The van der Waals surface area contributed by atoms with Gasteiger partial charge in [-0.15, -0.1) is 0 Å². The van der Waals surface area contributed by atoms with Gasteiger partial charge in [-0.3, -0.25) is 14.4 Å². The monoisotopic (exact) mass is 981 g/mol. The zero-order valence-electron chi connectivity index (χ0n) is 45.7. The first kappa shape index (κ1) is 66.6. The zero-order valence-corrected chi connectivity index (χ0v) is 45.7. The molecule has 6 heteroatoms. The first-order chi connectivity index (χ1) is 35.0. The fraction of sp³-hybridized carbons (Fsp3) is 0.615. The molecule has 0 aromatic carbocycles. The third-order valence-electron chi connectivity index (χ3n) is 11.6. The van der Waals surface area contributed by atoms with Crippen LogP contribution in [-0.4, -0.2) is 37.2 Å². The predicted octanol–water partition coefficient (Wildman–Crippen LogP) is 19.4. The largest absolute Gasteiger partial charge is 0.462 e. The minimum atomic E-state index is -0.837. The molecule has 0 rings (SSSR count). The second-order valence-electron chi connectivity index (χ2n) is 18.4. The third-order valence-corrected chi connectivity index (χ3v) is 11.6. The van der Waals surface area contributed by atoms with Crippen LogP contribution in [0, 0.1) is 0 Å². The minimum Gasteiger partial charge on any atom is -0.462 e. The van der Waals surface area contributed by atoms with E-state index in [9.17, 15) is 14.4 Å². The number of rotatable bonds is 50. The Morgan fingerprint density at radius 2 is 0.563 bits per heavy atom. The van der Waals surface area contributed by atoms with Crippen molar-refractivity contribution in [2.24, 2.45) is 0 Å². The van der Waals surface area contributed by atoms with Crippen molar-refractivity contribution in [3.05, 3.63) is 134 Å². The van der Waals surface area contributed by atoms with Crippen LogP contribution in [0.25, 0.3) is 0 Å². The Hall–Kier alpha value is -4.45. The number of carbonyl (C=O) groups is 3. The maximum Gasteiger partial charge on any atom is 0.306 e. The molecular formula is C65H104O6. The van der Waals surface area contributed by atoms with Crippen LogP contribution < -0.4 is 0 Å². The number of hydrogen-bond donors (Lipinski definition) is 0. The summed E-state index contributed by atoms with van der Waals surface area (Å²) in [5.74, 6) is -1.05. The molecule has 0 fully saturated rings. The van der Waals surface area contributed by atoms with Gasteiger partial charge >= 0.3 is 17.9 Å². The summed E-state index contributed by atoms with van der Waals surface area (Å²) in [7, 11) is 0. The lowest BCUT2D eigenvalue weighted by molar-refractivity contribution is -0.167. The molecular weight excluding hydrogens is 877 g/mol. The molecule has 400 valence electrons. The molecule has 0 bridgehead atoms. The van der Waals surface area contributed by atoms with Gasteiger partial charge < -0.3 is 14.2 Å². The van der Waals surface area contributed by atoms with Crippen LogP contribution in [0.15, 0.2) is 134 Å². The molecule has 0 unspecified atom stereocenters. The van der Waals surface area contributed by atoms with Crippen molar-refractivity contribution in [3.63, 3.8) is 0 Å². The van der Waals surface area contributed by atoms with E-state index in [2.05, 4.69) is 154 Å². The molecule has 6 nitrogen and oxygen atoms in total. The molecule has 0 aromatic rings. The van der Waals surface area contributed by atoms with Gasteiger partial charge in [-0.25, -0.2) is 0 Å². The number of allylic oxidation sites excluding steroid dienone is 22. The SMILES string of the molecule is CC/C=C\C/C=C\C/C=C\C/C=C\C/C=C\CCCC(=O)OC[C@H](COC(=O)CCCCCCCCCCC/C=C\CCCCCCCC)OC(=O)CCC/C=C\C/C=C\C/C=C\C/C=C\C/C=C\CC. The average molecular weight is 982 g/mol. The van der Waals surface area contributed by atoms with Gasteiger partial charge in [0.25, 0.3) is 0 Å². The molecule has 71 heavy (non-hydrogen) atoms. The molecule has 0 spiro atoms. The van der Waals surface area contributed by atoms with E-state index in [1.807, 2.05) is 0 Å². The Morgan fingerprint density at radius 1 is 0.296 bits per heavy atom. The maximum absolute atomic E-state index is 12.8. The van der Waals surface area contributed by atoms with E-state index < -0.39 is 6.10 Å². The van der Waals surface area contributed by atoms with Crippen LogP contribution in [0.4, 0.5) is 0 Å². The van der Waals surface area contributed by atoms with Crippen molar-refractivity contribution in [1.82, 2.24) is 0 Å². The van der Waals surface area contributed by atoms with E-state index in [-0.39, 0.29) is 44.0 Å². The maximum atomic E-state index is 12.8. The molecule has 0 aliphatic carbocycles. The highest BCUT2D eigenvalue weighted by Crippen LogP contribution is 2.14. The van der Waals surface area contributed by atoms with Gasteiger partial charge in [0.1, 0.15) is 13.2 Å². The lowest BCUT2D eigenvalue weighted by Gasteiger charge is -2.18. The molecule has 0 saturated carbocycles. The molecule has 1 atom stereocenters. The molecule has 0 saturated heterocycles. The fourth-order valence-electron chi connectivity index (χ4n) is 7.39. The van der Waals surface area contributed by atoms with Gasteiger partial charge in [0.15, 0.2) is 6.10 Å². The summed E-state index contributed by atoms with van der Waals surface area (Å²) < 4.78 is 16.8. The second-order valence-corrected chi connectivity index (χ2v) is 18.4. The Labute approximate surface area is 436 Å². The number of hydrogen-bond acceptors (Lipinski definition) is 6. The molecule has 0 radical (unpaired) electrons. The lowest BCUT2D eigenvalue weighted by atomic mass is 10.1. The molecule has 0 aliphatic heterocycles. The molecule has 0 aliphatic rings. The van der Waals surface area contributed by atoms with Crippen molar-refractivity contribution in [2.75, 3.05) is 13.2 Å². The van der Waals surface area contributed by atoms with Gasteiger partial charge in [0, 0.05) is 19.3 Å². The molecule has 0 amide bonds. The van der Waals surface area contributed by atoms with E-state index in [0.29, 0.717) is 19.3 Å². The summed E-state index contributed by atoms with van der Waals surface area (Å²) in [4.78, 5) is 38.1. The van der Waals surface area contributed by atoms with E-state index in [1.165, 1.54) is 89.9 Å². The molecule has 0 N–H and O–H groups in total. The van der Waals surface area contributed by atoms with Gasteiger partial charge in [-0.2, -0.15) is 0 Å². The summed E-state index contributed by atoms with van der Waals surface area (Å²) >= 11 is 0. The van der Waals surface area contributed by atoms with Gasteiger partial charge in [-0.1, -0.05) is 231 Å². The Morgan fingerprint density at radius 3 is 0.930 bits per heavy atom. The Bertz CT molecular complexity index is 1550. The van der Waals surface area contributed by atoms with Crippen LogP contribution in [-0.2, 0) is 28.6 Å². The van der Waals surface area contributed by atoms with Crippen LogP contribution in [0.1, 0.15) is 239 Å². The lowest BCUT2D eigenvalue weighted by Crippen LogP contribution is -2.30. The van der Waals surface area contributed by atoms with E-state index in [0.717, 1.165) is 96.3 Å². The number of ether oxygens (including phenoxy) is 3. The van der Waals surface area contributed by atoms with Crippen LogP contribution >= 0.6 is 0 Å². The van der Waals surface area contributed by atoms with Crippen LogP contribution in [0.2, 0.25) is 0 Å². The van der Waals surface area contributed by atoms with Crippen molar-refractivity contribution in [3.8, 4) is 0 Å². The first-order valence-electron chi connectivity index (χ1n) is 28.7. The zero-order chi connectivity index (χ0) is 51.4. The average Bonchev–Trinajstić information content (AvgIpc) is 3.37. The third kappa shape index (κ3) is 56.3. The van der Waals surface area contributed by atoms with Crippen molar-refractivity contribution in [2.45, 2.75) is 245 Å². The highest BCUT2D eigenvalue weighted by Gasteiger charge is 2.19. The van der Waals surface area contributed by atoms with Gasteiger partial charge in [0.2, 0.25) is 0 Å². The standard InChI is InChI=1S/C65H104O6/c1-4-7-10-13-16-19-22-25-28-31-32-35-37-40-43-46-49-52-55-58-64(67)70-61-62(71-65(68)59-56-53-50-47-44-41-38-34-30-27-24-21-18-15-12-9-6-3)60-69-63(66)57-54-51-48-45-42-39-36-33-29-26-23-20-17-14-11-8-5-2/h8-9,11-12,17-18,20-21,25-30,36,38-39,41,45,47-48,50,62H,4-7,10,13-16,19,22-24,31-35,37,40,42-44,46,49,51-61H2,1-3H3/b11-8-,12-9-,20-17-,21-18-,28-25-,29-26-,30-27-,39-36-,41-38-,48-45-,50-47-/t62-/m1/s1. The number of carbonyl (C=O) groups excluding carboxylic acids is 3. The van der Waals surface area contributed by atoms with E-state index >= 15 is 0 Å². The summed E-state index contributed by atoms with van der Waals surface area (Å²) in [5, 5.41) is 0. The predicted molar refractivity (Wildman–Crippen MR) is 306 cm³/mol. The quantitative estimate of drug-likeness (QED) is 0.0262. The van der Waals surface area contributed by atoms with Crippen LogP contribution in [0.5, 0.6) is 0 Å². The minimum absolute atomic E-state index is 0.123. The van der Waals surface area contributed by atoms with E-state index in [4.69, 9.17) is 14.2 Å². The smallest absolute Gasteiger partial charge is 0.306 e. The fourth-order valence-corrected chi connectivity index (χ4v) is 7.39. The first-order valence-corrected chi connectivity index (χ1v) is 28.7. The van der Waals surface area contributed by atoms with Gasteiger partial charge in [-0.05, 0) is 122 Å². The van der Waals surface area contributed by atoms with Crippen LogP contribution in [0.3, 0.4) is 0 Å².